The molecule has 1 aromatic carbocycles. The van der Waals surface area contributed by atoms with Gasteiger partial charge in [-0.1, -0.05) is 12.1 Å². The Balaban J connectivity index is 1.79. The molecule has 2 heterocycles. The molecule has 6 nitrogen and oxygen atoms in total. The number of hydrogen-bond acceptors (Lipinski definition) is 3. The summed E-state index contributed by atoms with van der Waals surface area (Å²) in [7, 11) is 0. The standard InChI is InChI=1S/C17H17N3O3/c1-13-15-7-4-10-18(15)11-12-19(13)17(21)9-8-14-5-2-3-6-16(14)20(22)23/h2-10,13H,11-12H2,1H3. The first-order valence-corrected chi connectivity index (χ1v) is 7.45. The number of nitro benzene ring substituents is 1. The lowest BCUT2D eigenvalue weighted by Crippen LogP contribution is -2.39. The molecule has 1 atom stereocenters. The molecule has 1 aliphatic rings. The number of carbonyl (C=O) groups excluding carboxylic acids is 1. The second kappa shape index (κ2) is 6.08. The molecular weight excluding hydrogens is 294 g/mol. The van der Waals surface area contributed by atoms with E-state index in [-0.39, 0.29) is 17.6 Å². The summed E-state index contributed by atoms with van der Waals surface area (Å²) in [5.74, 6) is -0.136. The Morgan fingerprint density at radius 3 is 2.83 bits per heavy atom. The Morgan fingerprint density at radius 1 is 1.26 bits per heavy atom. The summed E-state index contributed by atoms with van der Waals surface area (Å²) in [6.45, 7) is 3.38. The van der Waals surface area contributed by atoms with Crippen molar-refractivity contribution >= 4 is 17.7 Å². The zero-order valence-corrected chi connectivity index (χ0v) is 12.8. The molecule has 118 valence electrons. The quantitative estimate of drug-likeness (QED) is 0.497. The van der Waals surface area contributed by atoms with Crippen LogP contribution in [0.25, 0.3) is 6.08 Å². The van der Waals surface area contributed by atoms with Gasteiger partial charge in [-0.2, -0.15) is 0 Å². The van der Waals surface area contributed by atoms with Crippen molar-refractivity contribution < 1.29 is 9.72 Å². The van der Waals surface area contributed by atoms with Crippen LogP contribution >= 0.6 is 0 Å². The molecule has 0 bridgehead atoms. The van der Waals surface area contributed by atoms with Gasteiger partial charge < -0.3 is 9.47 Å². The van der Waals surface area contributed by atoms with Crippen molar-refractivity contribution in [2.75, 3.05) is 6.54 Å². The number of carbonyl (C=O) groups is 1. The molecule has 0 fully saturated rings. The highest BCUT2D eigenvalue weighted by Crippen LogP contribution is 2.26. The molecular formula is C17H17N3O3. The molecule has 0 spiro atoms. The maximum atomic E-state index is 12.5. The monoisotopic (exact) mass is 311 g/mol. The van der Waals surface area contributed by atoms with E-state index in [4.69, 9.17) is 0 Å². The summed E-state index contributed by atoms with van der Waals surface area (Å²) < 4.78 is 2.14. The van der Waals surface area contributed by atoms with Gasteiger partial charge in [-0.05, 0) is 31.2 Å². The topological polar surface area (TPSA) is 68.4 Å². The normalized spacial score (nSPS) is 17.3. The molecule has 1 aliphatic heterocycles. The average Bonchev–Trinajstić information content (AvgIpc) is 3.02. The van der Waals surface area contributed by atoms with Gasteiger partial charge in [0.15, 0.2) is 0 Å². The van der Waals surface area contributed by atoms with E-state index in [1.165, 1.54) is 18.2 Å². The first-order valence-electron chi connectivity index (χ1n) is 7.45. The zero-order valence-electron chi connectivity index (χ0n) is 12.8. The molecule has 0 saturated carbocycles. The van der Waals surface area contributed by atoms with Gasteiger partial charge in [-0.15, -0.1) is 0 Å². The van der Waals surface area contributed by atoms with E-state index in [1.54, 1.807) is 23.1 Å². The van der Waals surface area contributed by atoms with Crippen molar-refractivity contribution in [1.82, 2.24) is 9.47 Å². The number of benzene rings is 1. The van der Waals surface area contributed by atoms with Crippen molar-refractivity contribution in [3.05, 3.63) is 70.0 Å². The predicted octanol–water partition coefficient (Wildman–Crippen LogP) is 3.01. The van der Waals surface area contributed by atoms with E-state index in [2.05, 4.69) is 4.57 Å². The van der Waals surface area contributed by atoms with Crippen molar-refractivity contribution in [2.24, 2.45) is 0 Å². The van der Waals surface area contributed by atoms with Crippen LogP contribution < -0.4 is 0 Å². The fraction of sp³-hybridized carbons (Fsp3) is 0.235. The molecule has 1 unspecified atom stereocenters. The van der Waals surface area contributed by atoms with Crippen molar-refractivity contribution in [3.63, 3.8) is 0 Å². The van der Waals surface area contributed by atoms with Crippen LogP contribution in [0.4, 0.5) is 5.69 Å². The van der Waals surface area contributed by atoms with Crippen LogP contribution in [0.2, 0.25) is 0 Å². The van der Waals surface area contributed by atoms with Crippen LogP contribution in [0.15, 0.2) is 48.7 Å². The third kappa shape index (κ3) is 2.88. The van der Waals surface area contributed by atoms with Gasteiger partial charge in [0.25, 0.3) is 5.69 Å². The molecule has 0 saturated heterocycles. The van der Waals surface area contributed by atoms with E-state index < -0.39 is 4.92 Å². The lowest BCUT2D eigenvalue weighted by atomic mass is 10.1. The SMILES string of the molecule is CC1c2cccn2CCN1C(=O)C=Cc1ccccc1[N+](=O)[O-]. The second-order valence-corrected chi connectivity index (χ2v) is 5.48. The van der Waals surface area contributed by atoms with Crippen LogP contribution in [-0.2, 0) is 11.3 Å². The number of nitrogens with zero attached hydrogens (tertiary/aromatic N) is 3. The minimum absolute atomic E-state index is 0.00267. The number of amides is 1. The third-order valence-electron chi connectivity index (χ3n) is 4.16. The minimum atomic E-state index is -0.444. The van der Waals surface area contributed by atoms with E-state index in [0.29, 0.717) is 12.1 Å². The summed E-state index contributed by atoms with van der Waals surface area (Å²) >= 11 is 0. The van der Waals surface area contributed by atoms with Crippen LogP contribution in [-0.4, -0.2) is 26.8 Å². The summed E-state index contributed by atoms with van der Waals surface area (Å²) in [6.07, 6.45) is 4.94. The summed E-state index contributed by atoms with van der Waals surface area (Å²) in [5, 5.41) is 11.0. The number of hydrogen-bond donors (Lipinski definition) is 0. The molecule has 0 N–H and O–H groups in total. The summed E-state index contributed by atoms with van der Waals surface area (Å²) in [5.41, 5.74) is 1.53. The van der Waals surface area contributed by atoms with Crippen LogP contribution in [0, 0.1) is 10.1 Å². The Morgan fingerprint density at radius 2 is 2.04 bits per heavy atom. The summed E-state index contributed by atoms with van der Waals surface area (Å²) in [4.78, 5) is 24.8. The first kappa shape index (κ1) is 15.0. The van der Waals surface area contributed by atoms with Gasteiger partial charge in [0.2, 0.25) is 5.91 Å². The van der Waals surface area contributed by atoms with Crippen molar-refractivity contribution in [2.45, 2.75) is 19.5 Å². The molecule has 3 rings (SSSR count). The van der Waals surface area contributed by atoms with Crippen LogP contribution in [0.5, 0.6) is 0 Å². The fourth-order valence-corrected chi connectivity index (χ4v) is 2.93. The number of para-hydroxylation sites is 1. The summed E-state index contributed by atoms with van der Waals surface area (Å²) in [6, 6.07) is 10.4. The van der Waals surface area contributed by atoms with E-state index >= 15 is 0 Å². The third-order valence-corrected chi connectivity index (χ3v) is 4.16. The maximum Gasteiger partial charge on any atom is 0.276 e. The van der Waals surface area contributed by atoms with Gasteiger partial charge in [0, 0.05) is 37.1 Å². The second-order valence-electron chi connectivity index (χ2n) is 5.48. The van der Waals surface area contributed by atoms with E-state index in [0.717, 1.165) is 12.2 Å². The number of aromatic nitrogens is 1. The number of nitro groups is 1. The minimum Gasteiger partial charge on any atom is -0.348 e. The Labute approximate surface area is 133 Å². The smallest absolute Gasteiger partial charge is 0.276 e. The van der Waals surface area contributed by atoms with Gasteiger partial charge in [-0.25, -0.2) is 0 Å². The maximum absolute atomic E-state index is 12.5. The molecule has 0 aliphatic carbocycles. The first-order chi connectivity index (χ1) is 11.1. The van der Waals surface area contributed by atoms with Gasteiger partial charge in [0.1, 0.15) is 0 Å². The molecule has 6 heteroatoms. The predicted molar refractivity (Wildman–Crippen MR) is 86.7 cm³/mol. The Kier molecular flexibility index (Phi) is 3.97. The Bertz CT molecular complexity index is 779. The highest BCUT2D eigenvalue weighted by atomic mass is 16.6. The lowest BCUT2D eigenvalue weighted by molar-refractivity contribution is -0.385. The fourth-order valence-electron chi connectivity index (χ4n) is 2.93. The van der Waals surface area contributed by atoms with Crippen molar-refractivity contribution in [1.29, 1.82) is 0 Å². The van der Waals surface area contributed by atoms with Crippen LogP contribution in [0.3, 0.4) is 0 Å². The number of rotatable bonds is 3. The van der Waals surface area contributed by atoms with Gasteiger partial charge in [-0.3, -0.25) is 14.9 Å². The van der Waals surface area contributed by atoms with Gasteiger partial charge in [0.05, 0.1) is 16.5 Å². The lowest BCUT2D eigenvalue weighted by Gasteiger charge is -2.34. The number of fused-ring (bicyclic) bond motifs is 1. The van der Waals surface area contributed by atoms with Gasteiger partial charge >= 0.3 is 0 Å². The average molecular weight is 311 g/mol. The van der Waals surface area contributed by atoms with Crippen molar-refractivity contribution in [3.8, 4) is 0 Å². The molecule has 0 radical (unpaired) electrons. The molecule has 2 aromatic rings. The molecule has 23 heavy (non-hydrogen) atoms. The van der Waals surface area contributed by atoms with E-state index in [9.17, 15) is 14.9 Å². The van der Waals surface area contributed by atoms with Crippen LogP contribution in [0.1, 0.15) is 24.2 Å². The Hall–Kier alpha value is -2.89. The molecule has 1 aromatic heterocycles. The highest BCUT2D eigenvalue weighted by molar-refractivity contribution is 5.92. The zero-order chi connectivity index (χ0) is 16.4. The van der Waals surface area contributed by atoms with E-state index in [1.807, 2.05) is 25.3 Å². The molecule has 1 amide bonds. The largest absolute Gasteiger partial charge is 0.348 e. The highest BCUT2D eigenvalue weighted by Gasteiger charge is 2.26.